The van der Waals surface area contributed by atoms with Crippen LogP contribution in [0.5, 0.6) is 11.5 Å². The predicted molar refractivity (Wildman–Crippen MR) is 89.8 cm³/mol. The second-order valence-electron chi connectivity index (χ2n) is 5.25. The van der Waals surface area contributed by atoms with Crippen molar-refractivity contribution < 1.29 is 19.6 Å². The third kappa shape index (κ3) is 4.72. The summed E-state index contributed by atoms with van der Waals surface area (Å²) in [5, 5.41) is 4.87. The highest BCUT2D eigenvalue weighted by atomic mass is 16.5. The Morgan fingerprint density at radius 2 is 1.87 bits per heavy atom. The molecule has 0 saturated carbocycles. The summed E-state index contributed by atoms with van der Waals surface area (Å²) in [6, 6.07) is 15.6. The van der Waals surface area contributed by atoms with E-state index in [2.05, 4.69) is 24.4 Å². The number of nitrogens with two attached hydrogens (primary N) is 1. The smallest absolute Gasteiger partial charge is 0.279 e. The van der Waals surface area contributed by atoms with Gasteiger partial charge in [-0.2, -0.15) is 0 Å². The number of hydrogen-bond acceptors (Lipinski definition) is 3. The molecule has 0 saturated heterocycles. The molecule has 2 rings (SSSR count). The van der Waals surface area contributed by atoms with Gasteiger partial charge in [0, 0.05) is 11.6 Å². The van der Waals surface area contributed by atoms with Gasteiger partial charge in [-0.3, -0.25) is 4.79 Å². The van der Waals surface area contributed by atoms with Crippen molar-refractivity contribution in [2.75, 3.05) is 26.1 Å². The minimum Gasteiger partial charge on any atom is -0.497 e. The zero-order valence-electron chi connectivity index (χ0n) is 13.7. The molecule has 122 valence electrons. The van der Waals surface area contributed by atoms with Crippen LogP contribution in [0.2, 0.25) is 0 Å². The number of quaternary nitrogens is 1. The molecular formula is C18H23N2O3+. The van der Waals surface area contributed by atoms with Gasteiger partial charge in [0.2, 0.25) is 0 Å². The van der Waals surface area contributed by atoms with Crippen LogP contribution < -0.4 is 20.1 Å². The van der Waals surface area contributed by atoms with E-state index >= 15 is 0 Å². The molecule has 5 heteroatoms. The lowest BCUT2D eigenvalue weighted by Crippen LogP contribution is -2.86. The largest absolute Gasteiger partial charge is 0.497 e. The molecule has 0 aliphatic carbocycles. The zero-order valence-corrected chi connectivity index (χ0v) is 13.7. The molecule has 1 amide bonds. The number of carbonyl (C=O) groups is 1. The Morgan fingerprint density at radius 1 is 1.13 bits per heavy atom. The van der Waals surface area contributed by atoms with Gasteiger partial charge in [-0.25, -0.2) is 0 Å². The normalized spacial score (nSPS) is 11.6. The molecule has 0 spiro atoms. The molecule has 2 aromatic rings. The third-order valence-electron chi connectivity index (χ3n) is 3.66. The van der Waals surface area contributed by atoms with Crippen molar-refractivity contribution in [3.05, 3.63) is 54.1 Å². The number of hydrogen-bond donors (Lipinski definition) is 2. The summed E-state index contributed by atoms with van der Waals surface area (Å²) < 4.78 is 10.4. The SMILES string of the molecule is COc1ccc(NC(=O)C[NH2+][C@@H](C)c2ccccc2)c(OC)c1. The van der Waals surface area contributed by atoms with E-state index in [1.54, 1.807) is 32.4 Å². The lowest BCUT2D eigenvalue weighted by molar-refractivity contribution is -0.682. The van der Waals surface area contributed by atoms with Gasteiger partial charge in [0.05, 0.1) is 19.9 Å². The van der Waals surface area contributed by atoms with E-state index in [-0.39, 0.29) is 11.9 Å². The first-order chi connectivity index (χ1) is 11.1. The number of carbonyl (C=O) groups excluding carboxylic acids is 1. The second-order valence-corrected chi connectivity index (χ2v) is 5.25. The summed E-state index contributed by atoms with van der Waals surface area (Å²) in [4.78, 5) is 12.1. The number of benzene rings is 2. The fraction of sp³-hybridized carbons (Fsp3) is 0.278. The maximum atomic E-state index is 12.1. The maximum absolute atomic E-state index is 12.1. The van der Waals surface area contributed by atoms with Crippen LogP contribution in [0.25, 0.3) is 0 Å². The van der Waals surface area contributed by atoms with E-state index in [0.29, 0.717) is 23.7 Å². The predicted octanol–water partition coefficient (Wildman–Crippen LogP) is 1.97. The highest BCUT2D eigenvalue weighted by Gasteiger charge is 2.13. The Bertz CT molecular complexity index is 644. The fourth-order valence-electron chi connectivity index (χ4n) is 2.28. The molecule has 0 heterocycles. The van der Waals surface area contributed by atoms with E-state index < -0.39 is 0 Å². The minimum absolute atomic E-state index is 0.0729. The van der Waals surface area contributed by atoms with Crippen LogP contribution in [0.3, 0.4) is 0 Å². The molecule has 23 heavy (non-hydrogen) atoms. The number of nitrogens with one attached hydrogen (secondary N) is 1. The van der Waals surface area contributed by atoms with E-state index in [0.717, 1.165) is 0 Å². The van der Waals surface area contributed by atoms with Crippen LogP contribution in [-0.2, 0) is 4.79 Å². The lowest BCUT2D eigenvalue weighted by atomic mass is 10.1. The summed E-state index contributed by atoms with van der Waals surface area (Å²) in [7, 11) is 3.15. The molecule has 0 aliphatic rings. The summed E-state index contributed by atoms with van der Waals surface area (Å²) in [5.74, 6) is 1.19. The molecule has 0 aliphatic heterocycles. The van der Waals surface area contributed by atoms with Gasteiger partial charge < -0.3 is 20.1 Å². The van der Waals surface area contributed by atoms with Crippen LogP contribution in [-0.4, -0.2) is 26.7 Å². The van der Waals surface area contributed by atoms with Gasteiger partial charge >= 0.3 is 0 Å². The highest BCUT2D eigenvalue weighted by molar-refractivity contribution is 5.93. The van der Waals surface area contributed by atoms with Crippen LogP contribution in [0.4, 0.5) is 5.69 Å². The first kappa shape index (κ1) is 16.8. The summed E-state index contributed by atoms with van der Waals surface area (Å²) >= 11 is 0. The van der Waals surface area contributed by atoms with Crippen molar-refractivity contribution >= 4 is 11.6 Å². The van der Waals surface area contributed by atoms with Crippen LogP contribution >= 0.6 is 0 Å². The number of ether oxygens (including phenoxy) is 2. The van der Waals surface area contributed by atoms with Crippen LogP contribution in [0, 0.1) is 0 Å². The molecule has 0 radical (unpaired) electrons. The molecule has 0 aromatic heterocycles. The van der Waals surface area contributed by atoms with Crippen molar-refractivity contribution in [1.29, 1.82) is 0 Å². The van der Waals surface area contributed by atoms with Gasteiger partial charge in [-0.15, -0.1) is 0 Å². The average molecular weight is 315 g/mol. The van der Waals surface area contributed by atoms with Crippen LogP contribution in [0.1, 0.15) is 18.5 Å². The molecule has 1 atom stereocenters. The Labute approximate surface area is 136 Å². The minimum atomic E-state index is -0.0729. The Hall–Kier alpha value is -2.53. The Morgan fingerprint density at radius 3 is 2.52 bits per heavy atom. The quantitative estimate of drug-likeness (QED) is 0.821. The van der Waals surface area contributed by atoms with Gasteiger partial charge in [0.25, 0.3) is 5.91 Å². The summed E-state index contributed by atoms with van der Waals surface area (Å²) in [5.41, 5.74) is 1.83. The van der Waals surface area contributed by atoms with Crippen molar-refractivity contribution in [2.24, 2.45) is 0 Å². The van der Waals surface area contributed by atoms with E-state index in [4.69, 9.17) is 9.47 Å². The number of methoxy groups -OCH3 is 2. The second kappa shape index (κ2) is 8.19. The fourth-order valence-corrected chi connectivity index (χ4v) is 2.28. The number of amides is 1. The molecule has 2 aromatic carbocycles. The molecule has 0 unspecified atom stereocenters. The van der Waals surface area contributed by atoms with Crippen molar-refractivity contribution in [3.63, 3.8) is 0 Å². The van der Waals surface area contributed by atoms with Gasteiger partial charge in [-0.05, 0) is 19.1 Å². The van der Waals surface area contributed by atoms with Crippen molar-refractivity contribution in [2.45, 2.75) is 13.0 Å². The van der Waals surface area contributed by atoms with Gasteiger partial charge in [0.1, 0.15) is 17.5 Å². The Kier molecular flexibility index (Phi) is 6.00. The number of anilines is 1. The summed E-state index contributed by atoms with van der Waals surface area (Å²) in [6.07, 6.45) is 0. The zero-order chi connectivity index (χ0) is 16.7. The lowest BCUT2D eigenvalue weighted by Gasteiger charge is -2.13. The van der Waals surface area contributed by atoms with Crippen LogP contribution in [0.15, 0.2) is 48.5 Å². The van der Waals surface area contributed by atoms with E-state index in [1.807, 2.05) is 23.5 Å². The standard InChI is InChI=1S/C18H22N2O3/c1-13(14-7-5-4-6-8-14)19-12-18(21)20-16-10-9-15(22-2)11-17(16)23-3/h4-11,13,19H,12H2,1-3H3,(H,20,21)/p+1/t13-/m0/s1. The van der Waals surface area contributed by atoms with Gasteiger partial charge in [0.15, 0.2) is 6.54 Å². The number of rotatable bonds is 7. The third-order valence-corrected chi connectivity index (χ3v) is 3.66. The van der Waals surface area contributed by atoms with Crippen molar-refractivity contribution in [1.82, 2.24) is 0 Å². The first-order valence-corrected chi connectivity index (χ1v) is 7.54. The topological polar surface area (TPSA) is 64.2 Å². The first-order valence-electron chi connectivity index (χ1n) is 7.54. The molecule has 5 nitrogen and oxygen atoms in total. The molecule has 3 N–H and O–H groups in total. The van der Waals surface area contributed by atoms with Crippen molar-refractivity contribution in [3.8, 4) is 11.5 Å². The summed E-state index contributed by atoms with van der Waals surface area (Å²) in [6.45, 7) is 2.42. The van der Waals surface area contributed by atoms with E-state index in [1.165, 1.54) is 5.56 Å². The van der Waals surface area contributed by atoms with E-state index in [9.17, 15) is 4.79 Å². The molecular weight excluding hydrogens is 292 g/mol. The molecule has 0 fully saturated rings. The van der Waals surface area contributed by atoms with Gasteiger partial charge in [-0.1, -0.05) is 30.3 Å². The maximum Gasteiger partial charge on any atom is 0.279 e. The average Bonchev–Trinajstić information content (AvgIpc) is 2.60. The highest BCUT2D eigenvalue weighted by Crippen LogP contribution is 2.28. The Balaban J connectivity index is 1.92. The molecule has 0 bridgehead atoms. The monoisotopic (exact) mass is 315 g/mol.